The first-order valence-corrected chi connectivity index (χ1v) is 5.82. The molecule has 0 radical (unpaired) electrons. The van der Waals surface area contributed by atoms with Crippen LogP contribution >= 0.6 is 11.6 Å². The molecule has 1 aliphatic heterocycles. The van der Waals surface area contributed by atoms with Crippen LogP contribution in [0.3, 0.4) is 0 Å². The summed E-state index contributed by atoms with van der Waals surface area (Å²) in [5, 5.41) is 7.60. The lowest BCUT2D eigenvalue weighted by molar-refractivity contribution is 0.410. The van der Waals surface area contributed by atoms with Crippen LogP contribution in [0.15, 0.2) is 24.3 Å². The van der Waals surface area contributed by atoms with E-state index in [-0.39, 0.29) is 0 Å². The van der Waals surface area contributed by atoms with Gasteiger partial charge in [0, 0.05) is 11.1 Å². The first-order valence-electron chi connectivity index (χ1n) is 5.44. The van der Waals surface area contributed by atoms with E-state index in [1.54, 1.807) is 0 Å². The van der Waals surface area contributed by atoms with Gasteiger partial charge in [-0.1, -0.05) is 23.7 Å². The van der Waals surface area contributed by atoms with Gasteiger partial charge in [-0.2, -0.15) is 0 Å². The van der Waals surface area contributed by atoms with Crippen molar-refractivity contribution in [3.63, 3.8) is 0 Å². The topological polar surface area (TPSA) is 24.1 Å². The molecule has 1 fully saturated rings. The molecule has 0 spiro atoms. The van der Waals surface area contributed by atoms with Crippen LogP contribution in [-0.2, 0) is 0 Å². The maximum Gasteiger partial charge on any atom is 0.0406 e. The molecule has 0 aliphatic carbocycles. The molecular formula is C12H17ClN2. The van der Waals surface area contributed by atoms with E-state index in [0.29, 0.717) is 12.0 Å². The molecular weight excluding hydrogens is 208 g/mol. The minimum atomic E-state index is 0.442. The molecule has 82 valence electrons. The predicted octanol–water partition coefficient (Wildman–Crippen LogP) is 2.21. The molecule has 0 aromatic heterocycles. The van der Waals surface area contributed by atoms with Crippen LogP contribution < -0.4 is 10.6 Å². The van der Waals surface area contributed by atoms with E-state index in [9.17, 15) is 0 Å². The van der Waals surface area contributed by atoms with Crippen molar-refractivity contribution < 1.29 is 0 Å². The zero-order valence-electron chi connectivity index (χ0n) is 8.96. The first kappa shape index (κ1) is 10.9. The lowest BCUT2D eigenvalue weighted by Crippen LogP contribution is -2.26. The van der Waals surface area contributed by atoms with Crippen molar-refractivity contribution in [2.45, 2.75) is 12.5 Å². The number of hydrogen-bond acceptors (Lipinski definition) is 2. The van der Waals surface area contributed by atoms with Gasteiger partial charge in [-0.05, 0) is 50.2 Å². The van der Waals surface area contributed by atoms with Crippen molar-refractivity contribution in [2.75, 3.05) is 20.1 Å². The molecule has 2 unspecified atom stereocenters. The van der Waals surface area contributed by atoms with Crippen molar-refractivity contribution in [3.05, 3.63) is 34.9 Å². The van der Waals surface area contributed by atoms with Crippen LogP contribution in [-0.4, -0.2) is 20.1 Å². The van der Waals surface area contributed by atoms with Gasteiger partial charge in [-0.15, -0.1) is 0 Å². The summed E-state index contributed by atoms with van der Waals surface area (Å²) in [6.45, 7) is 2.24. The smallest absolute Gasteiger partial charge is 0.0406 e. The molecule has 2 nitrogen and oxygen atoms in total. The Bertz CT molecular complexity index is 304. The van der Waals surface area contributed by atoms with E-state index in [0.717, 1.165) is 18.1 Å². The van der Waals surface area contributed by atoms with Crippen molar-refractivity contribution >= 4 is 11.6 Å². The summed E-state index contributed by atoms with van der Waals surface area (Å²) in [5.41, 5.74) is 1.33. The van der Waals surface area contributed by atoms with Crippen molar-refractivity contribution in [2.24, 2.45) is 5.92 Å². The second kappa shape index (κ2) is 4.97. The summed E-state index contributed by atoms with van der Waals surface area (Å²) in [6, 6.07) is 8.59. The average Bonchev–Trinajstić information content (AvgIpc) is 2.75. The van der Waals surface area contributed by atoms with E-state index in [1.807, 2.05) is 19.2 Å². The SMILES string of the molecule is CNC(c1ccc(Cl)cc1)C1CCNC1. The Morgan fingerprint density at radius 3 is 2.67 bits per heavy atom. The molecule has 2 atom stereocenters. The highest BCUT2D eigenvalue weighted by Gasteiger charge is 2.24. The van der Waals surface area contributed by atoms with Crippen LogP contribution in [0.1, 0.15) is 18.0 Å². The summed E-state index contributed by atoms with van der Waals surface area (Å²) in [4.78, 5) is 0. The van der Waals surface area contributed by atoms with Gasteiger partial charge in [0.05, 0.1) is 0 Å². The Morgan fingerprint density at radius 2 is 2.13 bits per heavy atom. The van der Waals surface area contributed by atoms with Gasteiger partial charge in [0.1, 0.15) is 0 Å². The highest BCUT2D eigenvalue weighted by molar-refractivity contribution is 6.30. The van der Waals surface area contributed by atoms with Crippen molar-refractivity contribution in [3.8, 4) is 0 Å². The molecule has 1 aromatic rings. The number of rotatable bonds is 3. The van der Waals surface area contributed by atoms with E-state index < -0.39 is 0 Å². The molecule has 15 heavy (non-hydrogen) atoms. The third-order valence-electron chi connectivity index (χ3n) is 3.11. The first-order chi connectivity index (χ1) is 7.31. The molecule has 2 rings (SSSR count). The van der Waals surface area contributed by atoms with Crippen molar-refractivity contribution in [1.82, 2.24) is 10.6 Å². The largest absolute Gasteiger partial charge is 0.316 e. The predicted molar refractivity (Wildman–Crippen MR) is 64.2 cm³/mol. The normalized spacial score (nSPS) is 22.9. The van der Waals surface area contributed by atoms with Gasteiger partial charge in [0.25, 0.3) is 0 Å². The summed E-state index contributed by atoms with van der Waals surface area (Å²) in [5.74, 6) is 0.691. The fourth-order valence-electron chi connectivity index (χ4n) is 2.31. The molecule has 1 heterocycles. The fourth-order valence-corrected chi connectivity index (χ4v) is 2.43. The molecule has 3 heteroatoms. The maximum atomic E-state index is 5.89. The van der Waals surface area contributed by atoms with Crippen molar-refractivity contribution in [1.29, 1.82) is 0 Å². The van der Waals surface area contributed by atoms with E-state index in [1.165, 1.54) is 12.0 Å². The Kier molecular flexibility index (Phi) is 3.62. The van der Waals surface area contributed by atoms with Gasteiger partial charge >= 0.3 is 0 Å². The molecule has 0 bridgehead atoms. The van der Waals surface area contributed by atoms with Gasteiger partial charge in [0.15, 0.2) is 0 Å². The second-order valence-corrected chi connectivity index (χ2v) is 4.51. The number of benzene rings is 1. The minimum Gasteiger partial charge on any atom is -0.316 e. The minimum absolute atomic E-state index is 0.442. The molecule has 1 aromatic carbocycles. The lowest BCUT2D eigenvalue weighted by atomic mass is 9.92. The van der Waals surface area contributed by atoms with E-state index in [4.69, 9.17) is 11.6 Å². The van der Waals surface area contributed by atoms with Crippen LogP contribution in [0.25, 0.3) is 0 Å². The van der Waals surface area contributed by atoms with Crippen LogP contribution in [0.4, 0.5) is 0 Å². The summed E-state index contributed by atoms with van der Waals surface area (Å²) >= 11 is 5.89. The maximum absolute atomic E-state index is 5.89. The highest BCUT2D eigenvalue weighted by Crippen LogP contribution is 2.27. The zero-order valence-corrected chi connectivity index (χ0v) is 9.72. The fraction of sp³-hybridized carbons (Fsp3) is 0.500. The number of halogens is 1. The number of nitrogens with one attached hydrogen (secondary N) is 2. The standard InChI is InChI=1S/C12H17ClN2/c1-14-12(10-6-7-15-8-10)9-2-4-11(13)5-3-9/h2-5,10,12,14-15H,6-8H2,1H3. The molecule has 1 aliphatic rings. The second-order valence-electron chi connectivity index (χ2n) is 4.07. The third-order valence-corrected chi connectivity index (χ3v) is 3.36. The summed E-state index contributed by atoms with van der Waals surface area (Å²) in [6.07, 6.45) is 1.24. The summed E-state index contributed by atoms with van der Waals surface area (Å²) < 4.78 is 0. The van der Waals surface area contributed by atoms with Gasteiger partial charge in [-0.25, -0.2) is 0 Å². The van der Waals surface area contributed by atoms with E-state index in [2.05, 4.69) is 22.8 Å². The molecule has 2 N–H and O–H groups in total. The van der Waals surface area contributed by atoms with Crippen LogP contribution in [0.5, 0.6) is 0 Å². The Morgan fingerprint density at radius 1 is 1.40 bits per heavy atom. The number of hydrogen-bond donors (Lipinski definition) is 2. The summed E-state index contributed by atoms with van der Waals surface area (Å²) in [7, 11) is 2.03. The molecule has 1 saturated heterocycles. The monoisotopic (exact) mass is 224 g/mol. The van der Waals surface area contributed by atoms with Gasteiger partial charge in [0.2, 0.25) is 0 Å². The Hall–Kier alpha value is -0.570. The quantitative estimate of drug-likeness (QED) is 0.823. The Balaban J connectivity index is 2.14. The average molecular weight is 225 g/mol. The third kappa shape index (κ3) is 2.51. The van der Waals surface area contributed by atoms with Gasteiger partial charge in [-0.3, -0.25) is 0 Å². The molecule has 0 saturated carbocycles. The lowest BCUT2D eigenvalue weighted by Gasteiger charge is -2.22. The van der Waals surface area contributed by atoms with Crippen LogP contribution in [0, 0.1) is 5.92 Å². The van der Waals surface area contributed by atoms with Gasteiger partial charge < -0.3 is 10.6 Å². The zero-order chi connectivity index (χ0) is 10.7. The highest BCUT2D eigenvalue weighted by atomic mass is 35.5. The van der Waals surface area contributed by atoms with Crippen LogP contribution in [0.2, 0.25) is 5.02 Å². The van der Waals surface area contributed by atoms with E-state index >= 15 is 0 Å². The Labute approximate surface area is 96.0 Å². The molecule has 0 amide bonds.